The van der Waals surface area contributed by atoms with Crippen molar-refractivity contribution in [3.05, 3.63) is 29.2 Å². The largest absolute Gasteiger partial charge is 0.462 e. The number of nitrogens with zero attached hydrogens (tertiary/aromatic N) is 2. The highest BCUT2D eigenvalue weighted by Gasteiger charge is 2.28. The molecule has 25 heavy (non-hydrogen) atoms. The van der Waals surface area contributed by atoms with Crippen LogP contribution in [0.5, 0.6) is 0 Å². The molecule has 0 fully saturated rings. The Morgan fingerprint density at radius 3 is 2.76 bits per heavy atom. The molecule has 0 spiro atoms. The molecule has 0 aliphatic heterocycles. The molecule has 3 rings (SSSR count). The van der Waals surface area contributed by atoms with E-state index in [0.717, 1.165) is 36.1 Å². The minimum atomic E-state index is -0.601. The topological polar surface area (TPSA) is 86.2 Å². The van der Waals surface area contributed by atoms with Gasteiger partial charge in [0.2, 0.25) is 0 Å². The van der Waals surface area contributed by atoms with E-state index in [1.165, 1.54) is 4.68 Å². The first-order chi connectivity index (χ1) is 11.8. The second-order valence-corrected chi connectivity index (χ2v) is 7.06. The summed E-state index contributed by atoms with van der Waals surface area (Å²) in [5.41, 5.74) is 3.09. The van der Waals surface area contributed by atoms with E-state index in [1.54, 1.807) is 19.3 Å². The van der Waals surface area contributed by atoms with Gasteiger partial charge in [0.1, 0.15) is 5.60 Å². The van der Waals surface area contributed by atoms with Crippen molar-refractivity contribution in [1.29, 1.82) is 0 Å². The zero-order chi connectivity index (χ0) is 18.2. The molecule has 7 heteroatoms. The summed E-state index contributed by atoms with van der Waals surface area (Å²) in [4.78, 5) is 27.7. The van der Waals surface area contributed by atoms with Crippen molar-refractivity contribution in [2.24, 2.45) is 0 Å². The van der Waals surface area contributed by atoms with Crippen LogP contribution in [0.25, 0.3) is 11.3 Å². The number of aromatic nitrogens is 3. The Kier molecular flexibility index (Phi) is 4.41. The summed E-state index contributed by atoms with van der Waals surface area (Å²) in [6, 6.07) is 0. The fourth-order valence-electron chi connectivity index (χ4n) is 2.96. The maximum Gasteiger partial charge on any atom is 0.435 e. The van der Waals surface area contributed by atoms with Crippen LogP contribution in [0.1, 0.15) is 55.7 Å². The number of aryl methyl sites for hydroxylation is 2. The minimum absolute atomic E-state index is 0.304. The minimum Gasteiger partial charge on any atom is -0.462 e. The van der Waals surface area contributed by atoms with Crippen LogP contribution in [-0.4, -0.2) is 39.0 Å². The van der Waals surface area contributed by atoms with E-state index in [4.69, 9.17) is 9.47 Å². The lowest BCUT2D eigenvalue weighted by Gasteiger charge is -2.18. The lowest BCUT2D eigenvalue weighted by atomic mass is 10.1. The Bertz CT molecular complexity index is 811. The highest BCUT2D eigenvalue weighted by Crippen LogP contribution is 2.34. The van der Waals surface area contributed by atoms with Crippen molar-refractivity contribution in [2.45, 2.75) is 52.6 Å². The van der Waals surface area contributed by atoms with E-state index in [-0.39, 0.29) is 5.97 Å². The molecule has 0 saturated heterocycles. The summed E-state index contributed by atoms with van der Waals surface area (Å²) in [5.74, 6) is -0.389. The number of aromatic amines is 1. The summed E-state index contributed by atoms with van der Waals surface area (Å²) in [6.45, 7) is 7.50. The average Bonchev–Trinajstić information content (AvgIpc) is 3.07. The Balaban J connectivity index is 2.03. The van der Waals surface area contributed by atoms with Gasteiger partial charge in [0.05, 0.1) is 17.9 Å². The molecule has 0 saturated carbocycles. The van der Waals surface area contributed by atoms with Gasteiger partial charge < -0.3 is 14.5 Å². The molecule has 0 amide bonds. The van der Waals surface area contributed by atoms with E-state index in [2.05, 4.69) is 10.1 Å². The third kappa shape index (κ3) is 3.45. The summed E-state index contributed by atoms with van der Waals surface area (Å²) in [6.07, 6.45) is 5.32. The van der Waals surface area contributed by atoms with Crippen LogP contribution >= 0.6 is 0 Å². The summed E-state index contributed by atoms with van der Waals surface area (Å²) in [5, 5.41) is 4.43. The lowest BCUT2D eigenvalue weighted by Crippen LogP contribution is -2.27. The summed E-state index contributed by atoms with van der Waals surface area (Å²) < 4.78 is 11.7. The third-order valence-corrected chi connectivity index (χ3v) is 3.94. The van der Waals surface area contributed by atoms with Gasteiger partial charge in [-0.2, -0.15) is 9.78 Å². The molecule has 134 valence electrons. The van der Waals surface area contributed by atoms with Gasteiger partial charge in [0.15, 0.2) is 0 Å². The third-order valence-electron chi connectivity index (χ3n) is 3.94. The van der Waals surface area contributed by atoms with Crippen LogP contribution in [-0.2, 0) is 22.3 Å². The number of ether oxygens (including phenoxy) is 2. The van der Waals surface area contributed by atoms with Crippen molar-refractivity contribution in [3.8, 4) is 11.3 Å². The molecular weight excluding hydrogens is 322 g/mol. The van der Waals surface area contributed by atoms with Crippen molar-refractivity contribution < 1.29 is 19.1 Å². The normalized spacial score (nSPS) is 13.6. The fraction of sp³-hybridized carbons (Fsp3) is 0.500. The lowest BCUT2D eigenvalue weighted by molar-refractivity contribution is 0.0510. The Hall–Kier alpha value is -2.57. The Labute approximate surface area is 146 Å². The molecular formula is C18H23N3O4. The van der Waals surface area contributed by atoms with E-state index in [1.807, 2.05) is 20.8 Å². The Morgan fingerprint density at radius 2 is 2.08 bits per heavy atom. The van der Waals surface area contributed by atoms with Crippen molar-refractivity contribution in [1.82, 2.24) is 14.8 Å². The van der Waals surface area contributed by atoms with Crippen LogP contribution in [0.4, 0.5) is 4.79 Å². The highest BCUT2D eigenvalue weighted by molar-refractivity contribution is 5.98. The molecule has 0 bridgehead atoms. The molecule has 2 heterocycles. The van der Waals surface area contributed by atoms with Crippen molar-refractivity contribution >= 4 is 12.1 Å². The number of fused-ring (bicyclic) bond motifs is 3. The number of esters is 1. The maximum atomic E-state index is 12.3. The smallest absolute Gasteiger partial charge is 0.435 e. The average molecular weight is 345 g/mol. The van der Waals surface area contributed by atoms with Crippen LogP contribution < -0.4 is 0 Å². The number of hydrogen-bond donors (Lipinski definition) is 1. The van der Waals surface area contributed by atoms with Crippen LogP contribution in [0.2, 0.25) is 0 Å². The molecule has 1 N–H and O–H groups in total. The predicted octanol–water partition coefficient (Wildman–Crippen LogP) is 3.33. The predicted molar refractivity (Wildman–Crippen MR) is 91.6 cm³/mol. The number of nitrogens with one attached hydrogen (secondary N) is 1. The van der Waals surface area contributed by atoms with Crippen LogP contribution in [0, 0.1) is 0 Å². The second kappa shape index (κ2) is 6.38. The van der Waals surface area contributed by atoms with Gasteiger partial charge in [0, 0.05) is 23.7 Å². The first-order valence-corrected chi connectivity index (χ1v) is 8.49. The molecule has 0 radical (unpaired) electrons. The maximum absolute atomic E-state index is 12.3. The van der Waals surface area contributed by atoms with Gasteiger partial charge >= 0.3 is 12.1 Å². The highest BCUT2D eigenvalue weighted by atomic mass is 16.6. The number of carbonyl (C=O) groups is 2. The van der Waals surface area contributed by atoms with E-state index < -0.39 is 11.7 Å². The number of rotatable bonds is 2. The van der Waals surface area contributed by atoms with Gasteiger partial charge in [-0.15, -0.1) is 0 Å². The van der Waals surface area contributed by atoms with Crippen molar-refractivity contribution in [3.63, 3.8) is 0 Å². The summed E-state index contributed by atoms with van der Waals surface area (Å²) >= 11 is 0. The zero-order valence-electron chi connectivity index (χ0n) is 15.0. The monoisotopic (exact) mass is 345 g/mol. The molecule has 1 aliphatic carbocycles. The van der Waals surface area contributed by atoms with Crippen LogP contribution in [0.15, 0.2) is 12.4 Å². The van der Waals surface area contributed by atoms with E-state index in [9.17, 15) is 9.59 Å². The fourth-order valence-corrected chi connectivity index (χ4v) is 2.96. The number of hydrogen-bond acceptors (Lipinski definition) is 5. The SMILES string of the molecule is CCOC(=O)c1c[nH]c2c1-c1nn(C(=O)OC(C)(C)C)cc1CCC2. The molecule has 2 aromatic rings. The van der Waals surface area contributed by atoms with Crippen molar-refractivity contribution in [2.75, 3.05) is 6.61 Å². The molecule has 2 aromatic heterocycles. The molecule has 7 nitrogen and oxygen atoms in total. The molecule has 0 atom stereocenters. The van der Waals surface area contributed by atoms with Crippen LogP contribution in [0.3, 0.4) is 0 Å². The van der Waals surface area contributed by atoms with Gasteiger partial charge in [-0.05, 0) is 52.5 Å². The first kappa shape index (κ1) is 17.3. The van der Waals surface area contributed by atoms with Gasteiger partial charge in [-0.1, -0.05) is 0 Å². The van der Waals surface area contributed by atoms with Gasteiger partial charge in [-0.3, -0.25) is 0 Å². The quantitative estimate of drug-likeness (QED) is 0.844. The van der Waals surface area contributed by atoms with E-state index >= 15 is 0 Å². The van der Waals surface area contributed by atoms with E-state index in [0.29, 0.717) is 17.9 Å². The molecule has 0 unspecified atom stereocenters. The number of carbonyl (C=O) groups excluding carboxylic acids is 2. The second-order valence-electron chi connectivity index (χ2n) is 7.06. The van der Waals surface area contributed by atoms with Gasteiger partial charge in [0.25, 0.3) is 0 Å². The first-order valence-electron chi connectivity index (χ1n) is 8.49. The summed E-state index contributed by atoms with van der Waals surface area (Å²) in [7, 11) is 0. The number of H-pyrrole nitrogens is 1. The zero-order valence-corrected chi connectivity index (χ0v) is 15.0. The van der Waals surface area contributed by atoms with Gasteiger partial charge in [-0.25, -0.2) is 9.59 Å². The Morgan fingerprint density at radius 1 is 1.32 bits per heavy atom. The standard InChI is InChI=1S/C18H23N3O4/c1-5-24-16(22)12-9-19-13-8-6-7-11-10-21(20-15(11)14(12)13)17(23)25-18(2,3)4/h9-10,19H,5-8H2,1-4H3. The molecule has 0 aromatic carbocycles. The molecule has 1 aliphatic rings.